The van der Waals surface area contributed by atoms with Crippen molar-refractivity contribution in [1.82, 2.24) is 0 Å². The van der Waals surface area contributed by atoms with E-state index in [1.807, 2.05) is 0 Å². The summed E-state index contributed by atoms with van der Waals surface area (Å²) in [6, 6.07) is 11.2. The number of halogens is 1. The summed E-state index contributed by atoms with van der Waals surface area (Å²) in [6.07, 6.45) is 19.0. The molecular formula is C24H44ClN. The Morgan fingerprint density at radius 1 is 0.769 bits per heavy atom. The molecule has 0 aliphatic heterocycles. The van der Waals surface area contributed by atoms with Gasteiger partial charge in [-0.25, -0.2) is 0 Å². The van der Waals surface area contributed by atoms with Crippen molar-refractivity contribution in [3.8, 4) is 0 Å². The van der Waals surface area contributed by atoms with Gasteiger partial charge in [-0.05, 0) is 30.7 Å². The molecule has 1 rings (SSSR count). The summed E-state index contributed by atoms with van der Waals surface area (Å²) in [5.41, 5.74) is 7.79. The molecule has 0 saturated carbocycles. The van der Waals surface area contributed by atoms with Gasteiger partial charge in [0.25, 0.3) is 0 Å². The van der Waals surface area contributed by atoms with E-state index in [1.165, 1.54) is 82.6 Å². The van der Waals surface area contributed by atoms with Gasteiger partial charge in [-0.15, -0.1) is 12.4 Å². The summed E-state index contributed by atoms with van der Waals surface area (Å²) in [7, 11) is 0. The van der Waals surface area contributed by atoms with Crippen LogP contribution in [-0.2, 0) is 6.42 Å². The minimum atomic E-state index is 0. The molecule has 0 spiro atoms. The predicted octanol–water partition coefficient (Wildman–Crippen LogP) is 7.71. The summed E-state index contributed by atoms with van der Waals surface area (Å²) < 4.78 is 0. The van der Waals surface area contributed by atoms with Crippen molar-refractivity contribution in [1.29, 1.82) is 0 Å². The molecule has 0 heterocycles. The summed E-state index contributed by atoms with van der Waals surface area (Å²) in [4.78, 5) is 0. The van der Waals surface area contributed by atoms with Crippen LogP contribution in [0.4, 0.5) is 0 Å². The van der Waals surface area contributed by atoms with Crippen LogP contribution in [-0.4, -0.2) is 6.04 Å². The molecule has 0 amide bonds. The lowest BCUT2D eigenvalue weighted by Crippen LogP contribution is -2.23. The first-order chi connectivity index (χ1) is 12.2. The molecule has 2 atom stereocenters. The van der Waals surface area contributed by atoms with Crippen molar-refractivity contribution in [3.05, 3.63) is 35.9 Å². The molecule has 0 aliphatic rings. The molecule has 1 aromatic carbocycles. The second-order valence-electron chi connectivity index (χ2n) is 8.11. The first-order valence-electron chi connectivity index (χ1n) is 11.0. The molecule has 2 unspecified atom stereocenters. The van der Waals surface area contributed by atoms with E-state index in [1.54, 1.807) is 0 Å². The molecule has 26 heavy (non-hydrogen) atoms. The standard InChI is InChI=1S/C24H43N.ClH/c1-3-4-5-6-7-8-9-10-11-12-16-19-24(25)21-22(2)20-23-17-14-13-15-18-23;/h13-15,17-18,22,24H,3-12,16,19-21,25H2,1-2H3;1H. The van der Waals surface area contributed by atoms with Crippen LogP contribution in [0, 0.1) is 5.92 Å². The first kappa shape index (κ1) is 25.5. The van der Waals surface area contributed by atoms with Crippen molar-refractivity contribution >= 4 is 12.4 Å². The van der Waals surface area contributed by atoms with E-state index >= 15 is 0 Å². The summed E-state index contributed by atoms with van der Waals surface area (Å²) in [5.74, 6) is 0.685. The van der Waals surface area contributed by atoms with E-state index in [2.05, 4.69) is 44.2 Å². The molecule has 2 heteroatoms. The Hall–Kier alpha value is -0.530. The van der Waals surface area contributed by atoms with Crippen LogP contribution in [0.25, 0.3) is 0 Å². The second kappa shape index (κ2) is 17.9. The largest absolute Gasteiger partial charge is 0.328 e. The van der Waals surface area contributed by atoms with Crippen LogP contribution in [0.1, 0.15) is 103 Å². The molecular weight excluding hydrogens is 338 g/mol. The smallest absolute Gasteiger partial charge is 0.00414 e. The molecule has 0 aliphatic carbocycles. The van der Waals surface area contributed by atoms with Crippen LogP contribution in [0.5, 0.6) is 0 Å². The Bertz CT molecular complexity index is 392. The van der Waals surface area contributed by atoms with Crippen molar-refractivity contribution in [2.75, 3.05) is 0 Å². The lowest BCUT2D eigenvalue weighted by Gasteiger charge is -2.17. The van der Waals surface area contributed by atoms with Gasteiger partial charge >= 0.3 is 0 Å². The maximum Gasteiger partial charge on any atom is 0.00414 e. The van der Waals surface area contributed by atoms with Crippen molar-refractivity contribution in [2.24, 2.45) is 11.7 Å². The van der Waals surface area contributed by atoms with Gasteiger partial charge in [-0.1, -0.05) is 115 Å². The summed E-state index contributed by atoms with van der Waals surface area (Å²) in [5, 5.41) is 0. The van der Waals surface area contributed by atoms with E-state index in [0.29, 0.717) is 12.0 Å². The fourth-order valence-electron chi connectivity index (χ4n) is 3.81. The molecule has 0 saturated heterocycles. The third-order valence-electron chi connectivity index (χ3n) is 5.31. The normalized spacial score (nSPS) is 13.2. The van der Waals surface area contributed by atoms with Gasteiger partial charge in [-0.2, -0.15) is 0 Å². The SMILES string of the molecule is CCCCCCCCCCCCCC(N)CC(C)Cc1ccccc1.Cl. The minimum Gasteiger partial charge on any atom is -0.328 e. The van der Waals surface area contributed by atoms with Crippen molar-refractivity contribution in [3.63, 3.8) is 0 Å². The van der Waals surface area contributed by atoms with Gasteiger partial charge in [-0.3, -0.25) is 0 Å². The van der Waals surface area contributed by atoms with Crippen LogP contribution >= 0.6 is 12.4 Å². The maximum absolute atomic E-state index is 6.35. The summed E-state index contributed by atoms with van der Waals surface area (Å²) >= 11 is 0. The predicted molar refractivity (Wildman–Crippen MR) is 120 cm³/mol. The van der Waals surface area contributed by atoms with Crippen LogP contribution in [0.2, 0.25) is 0 Å². The molecule has 0 aromatic heterocycles. The van der Waals surface area contributed by atoms with Gasteiger partial charge in [0.2, 0.25) is 0 Å². The summed E-state index contributed by atoms with van der Waals surface area (Å²) in [6.45, 7) is 4.63. The Balaban J connectivity index is 0.00000625. The topological polar surface area (TPSA) is 26.0 Å². The van der Waals surface area contributed by atoms with E-state index in [9.17, 15) is 0 Å². The van der Waals surface area contributed by atoms with E-state index in [-0.39, 0.29) is 12.4 Å². The van der Waals surface area contributed by atoms with Gasteiger partial charge in [0.05, 0.1) is 0 Å². The van der Waals surface area contributed by atoms with Crippen molar-refractivity contribution in [2.45, 2.75) is 110 Å². The number of rotatable bonds is 16. The first-order valence-corrected chi connectivity index (χ1v) is 11.0. The molecule has 0 radical (unpaired) electrons. The van der Waals surface area contributed by atoms with Gasteiger partial charge in [0.1, 0.15) is 0 Å². The molecule has 1 aromatic rings. The zero-order valence-corrected chi connectivity index (χ0v) is 18.2. The maximum atomic E-state index is 6.35. The highest BCUT2D eigenvalue weighted by Crippen LogP contribution is 2.17. The van der Waals surface area contributed by atoms with Crippen LogP contribution < -0.4 is 5.73 Å². The second-order valence-corrected chi connectivity index (χ2v) is 8.11. The third kappa shape index (κ3) is 14.6. The van der Waals surface area contributed by atoms with E-state index < -0.39 is 0 Å². The van der Waals surface area contributed by atoms with Crippen molar-refractivity contribution < 1.29 is 0 Å². The third-order valence-corrected chi connectivity index (χ3v) is 5.31. The quantitative estimate of drug-likeness (QED) is 0.291. The average molecular weight is 382 g/mol. The Labute approximate surface area is 169 Å². The molecule has 152 valence electrons. The number of unbranched alkanes of at least 4 members (excludes halogenated alkanes) is 10. The highest BCUT2D eigenvalue weighted by atomic mass is 35.5. The fraction of sp³-hybridized carbons (Fsp3) is 0.750. The van der Waals surface area contributed by atoms with E-state index in [4.69, 9.17) is 5.73 Å². The number of benzene rings is 1. The molecule has 1 nitrogen and oxygen atoms in total. The van der Waals surface area contributed by atoms with Gasteiger partial charge in [0, 0.05) is 6.04 Å². The van der Waals surface area contributed by atoms with Gasteiger partial charge < -0.3 is 5.73 Å². The molecule has 0 fully saturated rings. The Kier molecular flexibility index (Phi) is 17.5. The number of hydrogen-bond acceptors (Lipinski definition) is 1. The van der Waals surface area contributed by atoms with Crippen LogP contribution in [0.3, 0.4) is 0 Å². The Morgan fingerprint density at radius 3 is 1.81 bits per heavy atom. The highest BCUT2D eigenvalue weighted by Gasteiger charge is 2.09. The fourth-order valence-corrected chi connectivity index (χ4v) is 3.81. The average Bonchev–Trinajstić information content (AvgIpc) is 2.60. The number of nitrogens with two attached hydrogens (primary N) is 1. The lowest BCUT2D eigenvalue weighted by molar-refractivity contribution is 0.428. The van der Waals surface area contributed by atoms with Gasteiger partial charge in [0.15, 0.2) is 0 Å². The lowest BCUT2D eigenvalue weighted by atomic mass is 9.92. The monoisotopic (exact) mass is 381 g/mol. The zero-order chi connectivity index (χ0) is 18.2. The molecule has 2 N–H and O–H groups in total. The number of hydrogen-bond donors (Lipinski definition) is 1. The zero-order valence-electron chi connectivity index (χ0n) is 17.4. The highest BCUT2D eigenvalue weighted by molar-refractivity contribution is 5.85. The van der Waals surface area contributed by atoms with Crippen LogP contribution in [0.15, 0.2) is 30.3 Å². The Morgan fingerprint density at radius 2 is 1.27 bits per heavy atom. The minimum absolute atomic E-state index is 0. The molecule has 0 bridgehead atoms. The van der Waals surface area contributed by atoms with E-state index in [0.717, 1.165) is 12.8 Å².